The number of Topliss-reactive ketones (excluding diaryl/α,β-unsaturated/α-hetero) is 1. The van der Waals surface area contributed by atoms with Gasteiger partial charge in [0.2, 0.25) is 5.91 Å². The maximum Gasteiger partial charge on any atom is 0.253 e. The van der Waals surface area contributed by atoms with Gasteiger partial charge in [-0.3, -0.25) is 14.4 Å². The van der Waals surface area contributed by atoms with Crippen LogP contribution in [0.5, 0.6) is 11.5 Å². The number of pyridine rings is 1. The first-order valence-electron chi connectivity index (χ1n) is 10.4. The average molecular weight is 448 g/mol. The van der Waals surface area contributed by atoms with Gasteiger partial charge in [-0.15, -0.1) is 0 Å². The van der Waals surface area contributed by atoms with Crippen LogP contribution in [0.15, 0.2) is 66.1 Å². The highest BCUT2D eigenvalue weighted by Crippen LogP contribution is 2.36. The minimum absolute atomic E-state index is 0.00663. The van der Waals surface area contributed by atoms with E-state index in [9.17, 15) is 18.8 Å². The van der Waals surface area contributed by atoms with Gasteiger partial charge in [0.05, 0.1) is 0 Å². The van der Waals surface area contributed by atoms with Crippen molar-refractivity contribution >= 4 is 17.4 Å². The number of benzene rings is 2. The molecule has 6 nitrogen and oxygen atoms in total. The number of rotatable bonds is 8. The molecule has 1 N–H and O–H groups in total. The Morgan fingerprint density at radius 2 is 1.88 bits per heavy atom. The Labute approximate surface area is 191 Å². The number of anilines is 1. The van der Waals surface area contributed by atoms with E-state index in [4.69, 9.17) is 4.74 Å². The lowest BCUT2D eigenvalue weighted by atomic mass is 10.0. The van der Waals surface area contributed by atoms with Gasteiger partial charge in [-0.2, -0.15) is 0 Å². The number of amides is 1. The molecule has 0 saturated carbocycles. The molecule has 1 heterocycles. The number of carbonyl (C=O) groups is 2. The predicted octanol–water partition coefficient (Wildman–Crippen LogP) is 4.94. The van der Waals surface area contributed by atoms with Crippen LogP contribution in [0, 0.1) is 12.7 Å². The standard InChI is InChI=1S/C26H25FN2O4/c1-5-20(30)13-17-12-18(15-29(4)26(17)32)21-14-19(28-25(31)6-2)8-10-23(21)33-24-9-7-16(3)11-22(24)27/h6-12,14-15H,2,5,13H2,1,3-4H3,(H,28,31). The van der Waals surface area contributed by atoms with Crippen molar-refractivity contribution in [2.45, 2.75) is 26.7 Å². The predicted molar refractivity (Wildman–Crippen MR) is 126 cm³/mol. The van der Waals surface area contributed by atoms with E-state index in [0.29, 0.717) is 34.5 Å². The summed E-state index contributed by atoms with van der Waals surface area (Å²) in [5.41, 5.74) is 2.38. The molecule has 3 aromatic rings. The van der Waals surface area contributed by atoms with Crippen molar-refractivity contribution in [1.29, 1.82) is 0 Å². The van der Waals surface area contributed by atoms with Crippen molar-refractivity contribution in [3.63, 3.8) is 0 Å². The molecule has 0 saturated heterocycles. The second-order valence-corrected chi connectivity index (χ2v) is 7.68. The minimum Gasteiger partial charge on any atom is -0.454 e. The normalized spacial score (nSPS) is 10.5. The van der Waals surface area contributed by atoms with Crippen LogP contribution >= 0.6 is 0 Å². The summed E-state index contributed by atoms with van der Waals surface area (Å²) in [5, 5.41) is 2.68. The molecule has 0 bridgehead atoms. The fourth-order valence-corrected chi connectivity index (χ4v) is 3.31. The number of nitrogens with one attached hydrogen (secondary N) is 1. The largest absolute Gasteiger partial charge is 0.454 e. The highest BCUT2D eigenvalue weighted by molar-refractivity contribution is 5.99. The fraction of sp³-hybridized carbons (Fsp3) is 0.192. The molecule has 0 aliphatic heterocycles. The third-order valence-corrected chi connectivity index (χ3v) is 5.09. The van der Waals surface area contributed by atoms with Crippen LogP contribution in [0.1, 0.15) is 24.5 Å². The summed E-state index contributed by atoms with van der Waals surface area (Å²) < 4.78 is 21.7. The minimum atomic E-state index is -0.514. The van der Waals surface area contributed by atoms with Crippen molar-refractivity contribution < 1.29 is 18.7 Å². The maximum absolute atomic E-state index is 14.5. The van der Waals surface area contributed by atoms with Crippen molar-refractivity contribution in [1.82, 2.24) is 4.57 Å². The molecule has 1 aromatic heterocycles. The number of halogens is 1. The molecule has 0 fully saturated rings. The summed E-state index contributed by atoms with van der Waals surface area (Å²) in [7, 11) is 1.59. The first-order valence-corrected chi connectivity index (χ1v) is 10.4. The Morgan fingerprint density at radius 3 is 2.55 bits per heavy atom. The summed E-state index contributed by atoms with van der Waals surface area (Å²) in [6, 6.07) is 11.2. The van der Waals surface area contributed by atoms with Crippen LogP contribution in [0.2, 0.25) is 0 Å². The number of hydrogen-bond acceptors (Lipinski definition) is 4. The molecule has 0 unspecified atom stereocenters. The molecule has 0 aliphatic rings. The number of aryl methyl sites for hydroxylation is 2. The molecular formula is C26H25FN2O4. The monoisotopic (exact) mass is 448 g/mol. The van der Waals surface area contributed by atoms with Gasteiger partial charge in [0, 0.05) is 48.5 Å². The fourth-order valence-electron chi connectivity index (χ4n) is 3.31. The Kier molecular flexibility index (Phi) is 7.23. The van der Waals surface area contributed by atoms with Gasteiger partial charge >= 0.3 is 0 Å². The number of aromatic nitrogens is 1. The van der Waals surface area contributed by atoms with Crippen LogP contribution in [0.3, 0.4) is 0 Å². The molecule has 33 heavy (non-hydrogen) atoms. The zero-order chi connectivity index (χ0) is 24.1. The number of nitrogens with zero attached hydrogens (tertiary/aromatic N) is 1. The molecule has 170 valence electrons. The van der Waals surface area contributed by atoms with E-state index < -0.39 is 11.7 Å². The van der Waals surface area contributed by atoms with E-state index in [1.165, 1.54) is 16.7 Å². The van der Waals surface area contributed by atoms with Gasteiger partial charge in [-0.25, -0.2) is 4.39 Å². The third-order valence-electron chi connectivity index (χ3n) is 5.09. The number of ketones is 1. The van der Waals surface area contributed by atoms with E-state index >= 15 is 0 Å². The second kappa shape index (κ2) is 10.1. The van der Waals surface area contributed by atoms with Gasteiger partial charge in [-0.1, -0.05) is 19.6 Å². The van der Waals surface area contributed by atoms with Gasteiger partial charge in [-0.05, 0) is 55.0 Å². The Balaban J connectivity index is 2.15. The Bertz CT molecular complexity index is 1290. The molecule has 3 rings (SSSR count). The zero-order valence-electron chi connectivity index (χ0n) is 18.8. The molecule has 0 aliphatic carbocycles. The SMILES string of the molecule is C=CC(=O)Nc1ccc(Oc2ccc(C)cc2F)c(-c2cc(CC(=O)CC)c(=O)n(C)c2)c1. The van der Waals surface area contributed by atoms with Crippen LogP contribution in [0.25, 0.3) is 11.1 Å². The molecule has 2 aromatic carbocycles. The summed E-state index contributed by atoms with van der Waals surface area (Å²) >= 11 is 0. The number of ether oxygens (including phenoxy) is 1. The first kappa shape index (κ1) is 23.7. The lowest BCUT2D eigenvalue weighted by Crippen LogP contribution is -2.22. The van der Waals surface area contributed by atoms with Crippen molar-refractivity contribution in [2.75, 3.05) is 5.32 Å². The number of carbonyl (C=O) groups excluding carboxylic acids is 2. The molecular weight excluding hydrogens is 423 g/mol. The molecule has 1 amide bonds. The van der Waals surface area contributed by atoms with E-state index in [1.807, 2.05) is 0 Å². The van der Waals surface area contributed by atoms with Crippen molar-refractivity contribution in [2.24, 2.45) is 7.05 Å². The Hall–Kier alpha value is -4.00. The topological polar surface area (TPSA) is 77.4 Å². The lowest BCUT2D eigenvalue weighted by Gasteiger charge is -2.16. The summed E-state index contributed by atoms with van der Waals surface area (Å²) in [6.45, 7) is 6.96. The van der Waals surface area contributed by atoms with Gasteiger partial charge in [0.15, 0.2) is 11.6 Å². The van der Waals surface area contributed by atoms with Crippen molar-refractivity contribution in [3.05, 3.63) is 88.6 Å². The van der Waals surface area contributed by atoms with Crippen molar-refractivity contribution in [3.8, 4) is 22.6 Å². The van der Waals surface area contributed by atoms with Crippen LogP contribution in [-0.4, -0.2) is 16.3 Å². The van der Waals surface area contributed by atoms with E-state index in [0.717, 1.165) is 11.6 Å². The second-order valence-electron chi connectivity index (χ2n) is 7.68. The molecule has 0 spiro atoms. The van der Waals surface area contributed by atoms with E-state index in [-0.39, 0.29) is 23.5 Å². The van der Waals surface area contributed by atoms with Gasteiger partial charge in [0.25, 0.3) is 5.56 Å². The lowest BCUT2D eigenvalue weighted by molar-refractivity contribution is -0.118. The summed E-state index contributed by atoms with van der Waals surface area (Å²) in [5.74, 6) is -0.611. The highest BCUT2D eigenvalue weighted by Gasteiger charge is 2.16. The third kappa shape index (κ3) is 5.63. The van der Waals surface area contributed by atoms with Gasteiger partial charge < -0.3 is 14.6 Å². The Morgan fingerprint density at radius 1 is 1.15 bits per heavy atom. The highest BCUT2D eigenvalue weighted by atomic mass is 19.1. The molecule has 0 radical (unpaired) electrons. The van der Waals surface area contributed by atoms with Crippen LogP contribution in [0.4, 0.5) is 10.1 Å². The average Bonchev–Trinajstić information content (AvgIpc) is 2.79. The zero-order valence-corrected chi connectivity index (χ0v) is 18.8. The van der Waals surface area contributed by atoms with E-state index in [2.05, 4.69) is 11.9 Å². The smallest absolute Gasteiger partial charge is 0.253 e. The van der Waals surface area contributed by atoms with E-state index in [1.54, 1.807) is 57.4 Å². The maximum atomic E-state index is 14.5. The molecule has 7 heteroatoms. The van der Waals surface area contributed by atoms with Crippen LogP contribution in [-0.2, 0) is 23.1 Å². The van der Waals surface area contributed by atoms with Crippen LogP contribution < -0.4 is 15.6 Å². The van der Waals surface area contributed by atoms with Gasteiger partial charge in [0.1, 0.15) is 11.5 Å². The quantitative estimate of drug-likeness (QED) is 0.495. The first-order chi connectivity index (χ1) is 15.7. The molecule has 0 atom stereocenters. The summed E-state index contributed by atoms with van der Waals surface area (Å²) in [4.78, 5) is 36.4. The summed E-state index contributed by atoms with van der Waals surface area (Å²) in [6.07, 6.45) is 3.08. The number of hydrogen-bond donors (Lipinski definition) is 1.